The Morgan fingerprint density at radius 1 is 1.08 bits per heavy atom. The first kappa shape index (κ1) is 28.9. The van der Waals surface area contributed by atoms with Crippen LogP contribution in [0.3, 0.4) is 0 Å². The van der Waals surface area contributed by atoms with Crippen LogP contribution in [0.2, 0.25) is 5.02 Å². The summed E-state index contributed by atoms with van der Waals surface area (Å²) >= 11 is 12.0. The number of hydrogen-bond acceptors (Lipinski definition) is 7. The fourth-order valence-corrected chi connectivity index (χ4v) is 5.37. The number of anilines is 2. The molecule has 208 valence electrons. The van der Waals surface area contributed by atoms with E-state index in [-0.39, 0.29) is 24.8 Å². The van der Waals surface area contributed by atoms with Gasteiger partial charge in [0.1, 0.15) is 6.04 Å². The van der Waals surface area contributed by atoms with Crippen LogP contribution >= 0.6 is 23.8 Å². The van der Waals surface area contributed by atoms with Crippen molar-refractivity contribution in [3.63, 3.8) is 0 Å². The molecule has 39 heavy (non-hydrogen) atoms. The van der Waals surface area contributed by atoms with Crippen LogP contribution in [-0.2, 0) is 14.3 Å². The van der Waals surface area contributed by atoms with Crippen molar-refractivity contribution in [3.05, 3.63) is 59.1 Å². The summed E-state index contributed by atoms with van der Waals surface area (Å²) in [6.45, 7) is 7.56. The minimum absolute atomic E-state index is 0.0653. The Morgan fingerprint density at radius 2 is 1.79 bits per heavy atom. The molecule has 2 aliphatic rings. The van der Waals surface area contributed by atoms with Crippen LogP contribution in [0.15, 0.2) is 48.5 Å². The average Bonchev–Trinajstić information content (AvgIpc) is 3.14. The summed E-state index contributed by atoms with van der Waals surface area (Å²) in [6.07, 6.45) is 0.748. The number of rotatable bonds is 10. The highest BCUT2D eigenvalue weighted by Crippen LogP contribution is 2.29. The summed E-state index contributed by atoms with van der Waals surface area (Å²) in [5.74, 6) is -1.000. The standard InChI is InChI=1S/C28H34ClN5O4S/c1-3-38-27(37)20-8-10-22(11-9-20)30-25(35)19-24-26(36)34(23-7-4-6-21(29)18-23)28(39)33(24)13-5-12-32-16-14-31(2)15-17-32/h4,6-11,18,24H,3,5,12-17,19H2,1-2H3,(H,30,35)/t24-/m1/s1. The second-order valence-electron chi connectivity index (χ2n) is 9.69. The first-order valence-corrected chi connectivity index (χ1v) is 13.9. The maximum absolute atomic E-state index is 13.6. The third-order valence-electron chi connectivity index (χ3n) is 6.91. The zero-order valence-corrected chi connectivity index (χ0v) is 23.8. The van der Waals surface area contributed by atoms with E-state index in [9.17, 15) is 14.4 Å². The predicted octanol–water partition coefficient (Wildman–Crippen LogP) is 3.49. The van der Waals surface area contributed by atoms with Crippen LogP contribution in [0, 0.1) is 0 Å². The molecular weight excluding hydrogens is 538 g/mol. The normalized spacial score (nSPS) is 18.5. The van der Waals surface area contributed by atoms with E-state index in [1.807, 2.05) is 4.90 Å². The van der Waals surface area contributed by atoms with Crippen LogP contribution in [0.25, 0.3) is 0 Å². The second-order valence-corrected chi connectivity index (χ2v) is 10.5. The number of likely N-dealkylation sites (N-methyl/N-ethyl adjacent to an activating group) is 1. The Morgan fingerprint density at radius 3 is 2.46 bits per heavy atom. The number of halogens is 1. The van der Waals surface area contributed by atoms with Gasteiger partial charge in [0.15, 0.2) is 5.11 Å². The molecule has 4 rings (SSSR count). The smallest absolute Gasteiger partial charge is 0.338 e. The van der Waals surface area contributed by atoms with Crippen LogP contribution in [-0.4, -0.2) is 96.6 Å². The number of nitrogens with one attached hydrogen (secondary N) is 1. The highest BCUT2D eigenvalue weighted by atomic mass is 35.5. The summed E-state index contributed by atoms with van der Waals surface area (Å²) in [6, 6.07) is 12.7. The molecule has 2 aliphatic heterocycles. The summed E-state index contributed by atoms with van der Waals surface area (Å²) < 4.78 is 5.00. The van der Waals surface area contributed by atoms with Crippen molar-refractivity contribution in [2.45, 2.75) is 25.8 Å². The first-order valence-electron chi connectivity index (χ1n) is 13.1. The zero-order chi connectivity index (χ0) is 27.9. The Balaban J connectivity index is 1.44. The predicted molar refractivity (Wildman–Crippen MR) is 156 cm³/mol. The van der Waals surface area contributed by atoms with Gasteiger partial charge in [-0.05, 0) is 81.6 Å². The minimum atomic E-state index is -0.734. The van der Waals surface area contributed by atoms with Gasteiger partial charge in [0, 0.05) is 43.4 Å². The number of thiocarbonyl (C=S) groups is 1. The molecule has 0 aliphatic carbocycles. The van der Waals surface area contributed by atoms with Gasteiger partial charge in [-0.25, -0.2) is 4.79 Å². The number of amides is 2. The van der Waals surface area contributed by atoms with Gasteiger partial charge in [-0.1, -0.05) is 17.7 Å². The highest BCUT2D eigenvalue weighted by molar-refractivity contribution is 7.80. The molecule has 1 N–H and O–H groups in total. The van der Waals surface area contributed by atoms with Crippen LogP contribution in [0.4, 0.5) is 11.4 Å². The number of carbonyl (C=O) groups is 3. The first-order chi connectivity index (χ1) is 18.8. The van der Waals surface area contributed by atoms with Gasteiger partial charge in [-0.15, -0.1) is 0 Å². The van der Waals surface area contributed by atoms with Crippen LogP contribution < -0.4 is 10.2 Å². The number of piperazine rings is 1. The molecule has 0 bridgehead atoms. The van der Waals surface area contributed by atoms with Crippen molar-refractivity contribution in [1.29, 1.82) is 0 Å². The van der Waals surface area contributed by atoms with Gasteiger partial charge in [0.05, 0.1) is 24.3 Å². The van der Waals surface area contributed by atoms with E-state index in [2.05, 4.69) is 22.2 Å². The Kier molecular flexibility index (Phi) is 9.90. The molecule has 2 amide bonds. The lowest BCUT2D eigenvalue weighted by molar-refractivity contribution is -0.124. The average molecular weight is 572 g/mol. The van der Waals surface area contributed by atoms with Gasteiger partial charge < -0.3 is 24.8 Å². The number of benzene rings is 2. The Bertz CT molecular complexity index is 1200. The SMILES string of the molecule is CCOC(=O)c1ccc(NC(=O)C[C@@H]2C(=O)N(c3cccc(Cl)c3)C(=S)N2CCCN2CCN(C)CC2)cc1. The third kappa shape index (κ3) is 7.33. The van der Waals surface area contributed by atoms with Crippen molar-refractivity contribution in [1.82, 2.24) is 14.7 Å². The molecule has 9 nitrogen and oxygen atoms in total. The molecule has 0 aromatic heterocycles. The van der Waals surface area contributed by atoms with Crippen molar-refractivity contribution >= 4 is 58.1 Å². The molecule has 0 radical (unpaired) electrons. The lowest BCUT2D eigenvalue weighted by atomic mass is 10.1. The fourth-order valence-electron chi connectivity index (χ4n) is 4.77. The number of carbonyl (C=O) groups excluding carboxylic acids is 3. The Labute approximate surface area is 239 Å². The van der Waals surface area contributed by atoms with E-state index >= 15 is 0 Å². The quantitative estimate of drug-likeness (QED) is 0.343. The van der Waals surface area contributed by atoms with Crippen molar-refractivity contribution in [2.75, 3.05) is 63.1 Å². The topological polar surface area (TPSA) is 85.4 Å². The number of nitrogens with zero attached hydrogens (tertiary/aromatic N) is 4. The Hall–Kier alpha value is -3.05. The van der Waals surface area contributed by atoms with Gasteiger partial charge in [-0.3, -0.25) is 14.5 Å². The van der Waals surface area contributed by atoms with Gasteiger partial charge in [0.25, 0.3) is 5.91 Å². The molecule has 1 atom stereocenters. The molecule has 2 aromatic rings. The summed E-state index contributed by atoms with van der Waals surface area (Å²) in [5, 5.41) is 3.70. The summed E-state index contributed by atoms with van der Waals surface area (Å²) in [4.78, 5) is 46.6. The van der Waals surface area contributed by atoms with Gasteiger partial charge in [-0.2, -0.15) is 0 Å². The molecule has 2 saturated heterocycles. The fraction of sp³-hybridized carbons (Fsp3) is 0.429. The second kappa shape index (κ2) is 13.3. The molecule has 2 aromatic carbocycles. The monoisotopic (exact) mass is 571 g/mol. The van der Waals surface area contributed by atoms with E-state index in [1.165, 1.54) is 4.90 Å². The number of ether oxygens (including phenoxy) is 1. The van der Waals surface area contributed by atoms with E-state index < -0.39 is 12.0 Å². The largest absolute Gasteiger partial charge is 0.462 e. The van der Waals surface area contributed by atoms with E-state index in [0.717, 1.165) is 39.1 Å². The van der Waals surface area contributed by atoms with Gasteiger partial charge in [0.2, 0.25) is 5.91 Å². The minimum Gasteiger partial charge on any atom is -0.462 e. The van der Waals surface area contributed by atoms with Crippen molar-refractivity contribution in [3.8, 4) is 0 Å². The molecule has 2 fully saturated rings. The molecule has 0 unspecified atom stereocenters. The molecule has 0 spiro atoms. The van der Waals surface area contributed by atoms with Crippen molar-refractivity contribution in [2.24, 2.45) is 0 Å². The maximum Gasteiger partial charge on any atom is 0.338 e. The summed E-state index contributed by atoms with van der Waals surface area (Å²) in [7, 11) is 2.13. The van der Waals surface area contributed by atoms with Crippen LogP contribution in [0.1, 0.15) is 30.1 Å². The highest BCUT2D eigenvalue weighted by Gasteiger charge is 2.44. The van der Waals surface area contributed by atoms with Crippen LogP contribution in [0.5, 0.6) is 0 Å². The summed E-state index contributed by atoms with van der Waals surface area (Å²) in [5.41, 5.74) is 1.50. The third-order valence-corrected chi connectivity index (χ3v) is 7.57. The molecule has 2 heterocycles. The number of hydrogen-bond donors (Lipinski definition) is 1. The zero-order valence-electron chi connectivity index (χ0n) is 22.3. The van der Waals surface area contributed by atoms with Crippen molar-refractivity contribution < 1.29 is 19.1 Å². The lowest BCUT2D eigenvalue weighted by Crippen LogP contribution is -2.45. The molecule has 0 saturated carbocycles. The molecule has 11 heteroatoms. The maximum atomic E-state index is 13.6. The van der Waals surface area contributed by atoms with E-state index in [0.29, 0.717) is 33.6 Å². The number of esters is 1. The lowest BCUT2D eigenvalue weighted by Gasteiger charge is -2.33. The molecular formula is C28H34ClN5O4S. The van der Waals surface area contributed by atoms with E-state index in [1.54, 1.807) is 55.5 Å². The van der Waals surface area contributed by atoms with Gasteiger partial charge >= 0.3 is 5.97 Å². The van der Waals surface area contributed by atoms with E-state index in [4.69, 9.17) is 28.6 Å².